The van der Waals surface area contributed by atoms with Crippen LogP contribution >= 0.6 is 0 Å². The lowest BCUT2D eigenvalue weighted by molar-refractivity contribution is -0.195. The zero-order chi connectivity index (χ0) is 25.9. The Morgan fingerprint density at radius 3 is 2.42 bits per heavy atom. The van der Waals surface area contributed by atoms with Crippen LogP contribution in [-0.2, 0) is 19.1 Å². The predicted octanol–water partition coefficient (Wildman–Crippen LogP) is 6.36. The Labute approximate surface area is 215 Å². The average Bonchev–Trinajstić information content (AvgIpc) is 2.88. The molecule has 194 valence electrons. The fourth-order valence-electron chi connectivity index (χ4n) is 6.27. The first-order chi connectivity index (χ1) is 17.2. The van der Waals surface area contributed by atoms with Gasteiger partial charge in [0.15, 0.2) is 11.6 Å². The van der Waals surface area contributed by atoms with E-state index in [1.165, 1.54) is 6.08 Å². The molecule has 4 rings (SSSR count). The second-order valence-electron chi connectivity index (χ2n) is 11.2. The maximum atomic E-state index is 13.3. The maximum Gasteiger partial charge on any atom is 0.330 e. The summed E-state index contributed by atoms with van der Waals surface area (Å²) in [7, 11) is 0. The number of allylic oxidation sites excluding steroid dienone is 1. The van der Waals surface area contributed by atoms with Crippen LogP contribution in [0.3, 0.4) is 0 Å². The molecule has 5 nitrogen and oxygen atoms in total. The van der Waals surface area contributed by atoms with Crippen molar-refractivity contribution in [3.05, 3.63) is 53.6 Å². The van der Waals surface area contributed by atoms with E-state index >= 15 is 0 Å². The summed E-state index contributed by atoms with van der Waals surface area (Å²) in [5, 5.41) is 0. The molecule has 1 aliphatic heterocycles. The first-order valence-corrected chi connectivity index (χ1v) is 13.6. The van der Waals surface area contributed by atoms with Gasteiger partial charge in [-0.3, -0.25) is 9.59 Å². The van der Waals surface area contributed by atoms with Crippen LogP contribution in [0.5, 0.6) is 0 Å². The van der Waals surface area contributed by atoms with E-state index < -0.39 is 11.6 Å². The Kier molecular flexibility index (Phi) is 8.29. The lowest BCUT2D eigenvalue weighted by atomic mass is 9.72. The minimum atomic E-state index is -0.485. The van der Waals surface area contributed by atoms with E-state index in [4.69, 9.17) is 9.47 Å². The number of ether oxygens (including phenoxy) is 2. The number of carbonyl (C=O) groups is 3. The highest BCUT2D eigenvalue weighted by molar-refractivity contribution is 6.02. The van der Waals surface area contributed by atoms with Crippen molar-refractivity contribution in [2.75, 3.05) is 6.61 Å². The zero-order valence-electron chi connectivity index (χ0n) is 22.0. The molecule has 0 bridgehead atoms. The molecule has 0 amide bonds. The van der Waals surface area contributed by atoms with Gasteiger partial charge in [0.2, 0.25) is 0 Å². The van der Waals surface area contributed by atoms with Crippen molar-refractivity contribution in [1.29, 1.82) is 0 Å². The molecule has 3 fully saturated rings. The monoisotopic (exact) mass is 492 g/mol. The van der Waals surface area contributed by atoms with E-state index in [9.17, 15) is 14.4 Å². The lowest BCUT2D eigenvalue weighted by Gasteiger charge is -2.46. The van der Waals surface area contributed by atoms with Gasteiger partial charge in [-0.15, -0.1) is 0 Å². The molecule has 2 aliphatic carbocycles. The van der Waals surface area contributed by atoms with Gasteiger partial charge in [0.25, 0.3) is 0 Å². The molecule has 0 N–H and O–H groups in total. The third-order valence-electron chi connectivity index (χ3n) is 8.60. The van der Waals surface area contributed by atoms with E-state index in [2.05, 4.69) is 27.4 Å². The van der Waals surface area contributed by atoms with Crippen molar-refractivity contribution in [3.63, 3.8) is 0 Å². The molecule has 0 aromatic heterocycles. The Hall–Kier alpha value is -2.53. The van der Waals surface area contributed by atoms with Crippen LogP contribution in [0, 0.1) is 23.7 Å². The van der Waals surface area contributed by atoms with Crippen molar-refractivity contribution in [3.8, 4) is 0 Å². The number of carbonyl (C=O) groups excluding carboxylic acids is 3. The van der Waals surface area contributed by atoms with Gasteiger partial charge in [0.05, 0.1) is 0 Å². The second kappa shape index (κ2) is 11.2. The largest absolute Gasteiger partial charge is 0.456 e. The molecular weight excluding hydrogens is 452 g/mol. The number of rotatable bonds is 6. The van der Waals surface area contributed by atoms with Gasteiger partial charge in [-0.25, -0.2) is 4.79 Å². The summed E-state index contributed by atoms with van der Waals surface area (Å²) >= 11 is 0. The Morgan fingerprint density at radius 1 is 1.08 bits per heavy atom. The van der Waals surface area contributed by atoms with Gasteiger partial charge >= 0.3 is 5.97 Å². The fourth-order valence-corrected chi connectivity index (χ4v) is 6.27. The van der Waals surface area contributed by atoms with Gasteiger partial charge in [-0.2, -0.15) is 0 Å². The van der Waals surface area contributed by atoms with E-state index in [1.807, 2.05) is 30.3 Å². The smallest absolute Gasteiger partial charge is 0.330 e. The summed E-state index contributed by atoms with van der Waals surface area (Å²) in [6.07, 6.45) is 9.45. The topological polar surface area (TPSA) is 69.7 Å². The second-order valence-corrected chi connectivity index (χ2v) is 11.2. The van der Waals surface area contributed by atoms with Crippen molar-refractivity contribution in [1.82, 2.24) is 0 Å². The summed E-state index contributed by atoms with van der Waals surface area (Å²) < 4.78 is 11.8. The summed E-state index contributed by atoms with van der Waals surface area (Å²) in [5.41, 5.74) is 2.10. The number of Topliss-reactive ketones (excluding diaryl/α,β-unsaturated/α-hetero) is 2. The first-order valence-electron chi connectivity index (χ1n) is 13.6. The molecule has 36 heavy (non-hydrogen) atoms. The Balaban J connectivity index is 1.41. The molecule has 0 radical (unpaired) electrons. The maximum absolute atomic E-state index is 13.3. The highest BCUT2D eigenvalue weighted by Crippen LogP contribution is 2.43. The number of esters is 1. The molecule has 1 aromatic rings. The van der Waals surface area contributed by atoms with Crippen molar-refractivity contribution >= 4 is 23.6 Å². The first kappa shape index (κ1) is 26.5. The summed E-state index contributed by atoms with van der Waals surface area (Å²) in [6, 6.07) is 7.70. The minimum absolute atomic E-state index is 0.0622. The molecule has 1 heterocycles. The van der Waals surface area contributed by atoms with Gasteiger partial charge in [-0.05, 0) is 80.4 Å². The molecule has 5 heteroatoms. The number of benzene rings is 1. The average molecular weight is 493 g/mol. The van der Waals surface area contributed by atoms with Gasteiger partial charge in [0, 0.05) is 30.1 Å². The number of hydrogen-bond acceptors (Lipinski definition) is 5. The van der Waals surface area contributed by atoms with E-state index in [1.54, 1.807) is 0 Å². The fraction of sp³-hybridized carbons (Fsp3) is 0.581. The lowest BCUT2D eigenvalue weighted by Crippen LogP contribution is -2.52. The molecular formula is C31H40O5. The summed E-state index contributed by atoms with van der Waals surface area (Å²) in [5.74, 6) is 0.681. The Morgan fingerprint density at radius 2 is 1.78 bits per heavy atom. The molecule has 1 aromatic carbocycles. The van der Waals surface area contributed by atoms with Gasteiger partial charge < -0.3 is 9.47 Å². The standard InChI is InChI=1S/C31H40O5/c1-5-28(32)36-27-7-6-18-35-31(27)16-14-24(15-17-31)29(33)23-11-9-22(10-12-23)19-26-21(4)8-13-25(20(2)3)30(26)34/h5,9-12,19-21,24-25,27H,1,6-8,13-18H2,2-4H3/t21?,24?,25-,27?,31?/m0/s1. The van der Waals surface area contributed by atoms with Crippen LogP contribution in [0.15, 0.2) is 42.5 Å². The van der Waals surface area contributed by atoms with E-state index in [0.717, 1.165) is 49.7 Å². The summed E-state index contributed by atoms with van der Waals surface area (Å²) in [4.78, 5) is 38.1. The molecule has 2 saturated carbocycles. The van der Waals surface area contributed by atoms with Crippen LogP contribution in [0.4, 0.5) is 0 Å². The van der Waals surface area contributed by atoms with Crippen molar-refractivity contribution in [2.45, 2.75) is 83.8 Å². The van der Waals surface area contributed by atoms with Crippen LogP contribution in [0.2, 0.25) is 0 Å². The van der Waals surface area contributed by atoms with Crippen LogP contribution in [0.1, 0.15) is 88.1 Å². The SMILES string of the molecule is C=CC(=O)OC1CCCOC12CCC(C(=O)c1ccc(C=C3C(=O)[C@H](C(C)C)CCC3C)cc1)CC2. The van der Waals surface area contributed by atoms with Gasteiger partial charge in [-0.1, -0.05) is 51.6 Å². The van der Waals surface area contributed by atoms with Gasteiger partial charge in [0.1, 0.15) is 11.7 Å². The third kappa shape index (κ3) is 5.56. The molecule has 3 aliphatic rings. The quantitative estimate of drug-likeness (QED) is 0.262. The van der Waals surface area contributed by atoms with Crippen LogP contribution in [0.25, 0.3) is 6.08 Å². The minimum Gasteiger partial charge on any atom is -0.456 e. The zero-order valence-corrected chi connectivity index (χ0v) is 22.0. The summed E-state index contributed by atoms with van der Waals surface area (Å²) in [6.45, 7) is 10.5. The Bertz CT molecular complexity index is 1010. The third-order valence-corrected chi connectivity index (χ3v) is 8.60. The van der Waals surface area contributed by atoms with Crippen molar-refractivity contribution in [2.24, 2.45) is 23.7 Å². The molecule has 3 atom stereocenters. The molecule has 2 unspecified atom stereocenters. The molecule has 1 saturated heterocycles. The predicted molar refractivity (Wildman–Crippen MR) is 140 cm³/mol. The number of ketones is 2. The normalized spacial score (nSPS) is 32.0. The van der Waals surface area contributed by atoms with Crippen LogP contribution in [-0.4, -0.2) is 35.8 Å². The highest BCUT2D eigenvalue weighted by Gasteiger charge is 2.47. The highest BCUT2D eigenvalue weighted by atomic mass is 16.6. The van der Waals surface area contributed by atoms with Crippen molar-refractivity contribution < 1.29 is 23.9 Å². The van der Waals surface area contributed by atoms with E-state index in [-0.39, 0.29) is 35.4 Å². The molecule has 1 spiro atoms. The van der Waals surface area contributed by atoms with Crippen LogP contribution < -0.4 is 0 Å². The number of hydrogen-bond donors (Lipinski definition) is 0. The van der Waals surface area contributed by atoms with E-state index in [0.29, 0.717) is 30.9 Å².